The number of rotatable bonds is 4. The number of hydrogen-bond acceptors (Lipinski definition) is 3. The van der Waals surface area contributed by atoms with Crippen LogP contribution in [0.15, 0.2) is 48.5 Å². The van der Waals surface area contributed by atoms with E-state index in [2.05, 4.69) is 60.8 Å². The highest BCUT2D eigenvalue weighted by atomic mass is 32.1. The molecule has 1 heterocycles. The van der Waals surface area contributed by atoms with Crippen LogP contribution in [-0.2, 0) is 0 Å². The SMILES string of the molecule is CNC(c1ccc(C)s1)c1ccc(OC)c2ccccc12. The predicted octanol–water partition coefficient (Wildman–Crippen LogP) is 4.53. The average molecular weight is 297 g/mol. The molecule has 0 radical (unpaired) electrons. The van der Waals surface area contributed by atoms with E-state index in [4.69, 9.17) is 4.74 Å². The Morgan fingerprint density at radius 2 is 1.76 bits per heavy atom. The van der Waals surface area contributed by atoms with Crippen molar-refractivity contribution < 1.29 is 4.74 Å². The lowest BCUT2D eigenvalue weighted by Gasteiger charge is -2.18. The molecule has 0 saturated carbocycles. The van der Waals surface area contributed by atoms with E-state index in [0.717, 1.165) is 11.1 Å². The Balaban J connectivity index is 2.19. The van der Waals surface area contributed by atoms with Crippen LogP contribution in [0.5, 0.6) is 5.75 Å². The molecule has 0 aliphatic carbocycles. The first-order valence-electron chi connectivity index (χ1n) is 7.04. The van der Waals surface area contributed by atoms with E-state index >= 15 is 0 Å². The van der Waals surface area contributed by atoms with Crippen molar-refractivity contribution in [3.63, 3.8) is 0 Å². The van der Waals surface area contributed by atoms with E-state index in [9.17, 15) is 0 Å². The van der Waals surface area contributed by atoms with Crippen molar-refractivity contribution in [2.24, 2.45) is 0 Å². The van der Waals surface area contributed by atoms with E-state index in [1.807, 2.05) is 18.4 Å². The van der Waals surface area contributed by atoms with Gasteiger partial charge in [-0.2, -0.15) is 0 Å². The van der Waals surface area contributed by atoms with E-state index in [-0.39, 0.29) is 6.04 Å². The van der Waals surface area contributed by atoms with Gasteiger partial charge in [0.15, 0.2) is 0 Å². The molecule has 3 aromatic rings. The standard InChI is InChI=1S/C18H19NOS/c1-12-8-11-17(21-12)18(19-2)15-9-10-16(20-3)14-7-5-4-6-13(14)15/h4-11,18-19H,1-3H3. The van der Waals surface area contributed by atoms with Gasteiger partial charge in [0.05, 0.1) is 13.2 Å². The van der Waals surface area contributed by atoms with Gasteiger partial charge in [-0.15, -0.1) is 11.3 Å². The Bertz CT molecular complexity index is 763. The molecule has 0 amide bonds. The summed E-state index contributed by atoms with van der Waals surface area (Å²) in [5, 5.41) is 5.84. The minimum atomic E-state index is 0.208. The first-order valence-corrected chi connectivity index (χ1v) is 7.85. The second kappa shape index (κ2) is 5.88. The normalized spacial score (nSPS) is 12.5. The number of thiophene rings is 1. The Morgan fingerprint density at radius 1 is 1.00 bits per heavy atom. The molecule has 2 aromatic carbocycles. The summed E-state index contributed by atoms with van der Waals surface area (Å²) in [4.78, 5) is 2.67. The van der Waals surface area contributed by atoms with Gasteiger partial charge in [-0.3, -0.25) is 0 Å². The van der Waals surface area contributed by atoms with Gasteiger partial charge >= 0.3 is 0 Å². The highest BCUT2D eigenvalue weighted by Crippen LogP contribution is 2.35. The lowest BCUT2D eigenvalue weighted by Crippen LogP contribution is -2.16. The smallest absolute Gasteiger partial charge is 0.126 e. The summed E-state index contributed by atoms with van der Waals surface area (Å²) in [6.07, 6.45) is 0. The van der Waals surface area contributed by atoms with Crippen molar-refractivity contribution in [2.45, 2.75) is 13.0 Å². The number of aryl methyl sites for hydroxylation is 1. The van der Waals surface area contributed by atoms with E-state index < -0.39 is 0 Å². The fraction of sp³-hybridized carbons (Fsp3) is 0.222. The van der Waals surface area contributed by atoms with Crippen molar-refractivity contribution >= 4 is 22.1 Å². The molecule has 0 aliphatic heterocycles. The molecular weight excluding hydrogens is 278 g/mol. The van der Waals surface area contributed by atoms with Crippen molar-refractivity contribution in [3.8, 4) is 5.75 Å². The molecule has 3 heteroatoms. The minimum absolute atomic E-state index is 0.208. The molecule has 1 N–H and O–H groups in total. The number of fused-ring (bicyclic) bond motifs is 1. The molecule has 1 aromatic heterocycles. The monoisotopic (exact) mass is 297 g/mol. The summed E-state index contributed by atoms with van der Waals surface area (Å²) in [5.41, 5.74) is 1.29. The van der Waals surface area contributed by atoms with Crippen LogP contribution in [0, 0.1) is 6.92 Å². The minimum Gasteiger partial charge on any atom is -0.496 e. The lowest BCUT2D eigenvalue weighted by molar-refractivity contribution is 0.419. The predicted molar refractivity (Wildman–Crippen MR) is 90.5 cm³/mol. The Kier molecular flexibility index (Phi) is 3.95. The molecule has 0 saturated heterocycles. The topological polar surface area (TPSA) is 21.3 Å². The van der Waals surface area contributed by atoms with E-state index in [1.54, 1.807) is 7.11 Å². The maximum Gasteiger partial charge on any atom is 0.126 e. The lowest BCUT2D eigenvalue weighted by atomic mass is 9.97. The van der Waals surface area contributed by atoms with Gasteiger partial charge in [-0.25, -0.2) is 0 Å². The molecule has 0 aliphatic rings. The maximum atomic E-state index is 5.49. The van der Waals surface area contributed by atoms with Crippen LogP contribution in [0.25, 0.3) is 10.8 Å². The molecular formula is C18H19NOS. The summed E-state index contributed by atoms with van der Waals surface area (Å²) < 4.78 is 5.49. The van der Waals surface area contributed by atoms with Crippen LogP contribution in [-0.4, -0.2) is 14.2 Å². The zero-order valence-electron chi connectivity index (χ0n) is 12.5. The van der Waals surface area contributed by atoms with Gasteiger partial charge in [0.25, 0.3) is 0 Å². The van der Waals surface area contributed by atoms with Gasteiger partial charge in [0.2, 0.25) is 0 Å². The number of ether oxygens (including phenoxy) is 1. The second-order valence-electron chi connectivity index (χ2n) is 5.07. The third-order valence-electron chi connectivity index (χ3n) is 3.78. The zero-order valence-corrected chi connectivity index (χ0v) is 13.3. The van der Waals surface area contributed by atoms with Gasteiger partial charge in [-0.1, -0.05) is 30.3 Å². The quantitative estimate of drug-likeness (QED) is 0.764. The highest BCUT2D eigenvalue weighted by Gasteiger charge is 2.17. The Labute approximate surface area is 129 Å². The summed E-state index contributed by atoms with van der Waals surface area (Å²) in [7, 11) is 3.73. The second-order valence-corrected chi connectivity index (χ2v) is 6.39. The van der Waals surface area contributed by atoms with Crippen LogP contribution in [0.4, 0.5) is 0 Å². The Morgan fingerprint density at radius 3 is 2.38 bits per heavy atom. The third kappa shape index (κ3) is 2.55. The van der Waals surface area contributed by atoms with Crippen LogP contribution in [0.2, 0.25) is 0 Å². The highest BCUT2D eigenvalue weighted by molar-refractivity contribution is 7.12. The van der Waals surface area contributed by atoms with Crippen LogP contribution >= 0.6 is 11.3 Å². The number of hydrogen-bond donors (Lipinski definition) is 1. The van der Waals surface area contributed by atoms with Gasteiger partial charge < -0.3 is 10.1 Å². The third-order valence-corrected chi connectivity index (χ3v) is 4.85. The molecule has 1 unspecified atom stereocenters. The molecule has 3 rings (SSSR count). The first kappa shape index (κ1) is 14.1. The Hall–Kier alpha value is -1.84. The molecule has 21 heavy (non-hydrogen) atoms. The van der Waals surface area contributed by atoms with Crippen LogP contribution in [0.1, 0.15) is 21.4 Å². The van der Waals surface area contributed by atoms with Crippen molar-refractivity contribution in [1.82, 2.24) is 5.32 Å². The number of methoxy groups -OCH3 is 1. The van der Waals surface area contributed by atoms with E-state index in [0.29, 0.717) is 0 Å². The molecule has 108 valence electrons. The first-order chi connectivity index (χ1) is 10.2. The molecule has 0 spiro atoms. The largest absolute Gasteiger partial charge is 0.496 e. The molecule has 1 atom stereocenters. The average Bonchev–Trinajstić information content (AvgIpc) is 2.94. The fourth-order valence-corrected chi connectivity index (χ4v) is 3.79. The van der Waals surface area contributed by atoms with Crippen LogP contribution in [0.3, 0.4) is 0 Å². The van der Waals surface area contributed by atoms with Crippen molar-refractivity contribution in [2.75, 3.05) is 14.2 Å². The van der Waals surface area contributed by atoms with Gasteiger partial charge in [0, 0.05) is 15.1 Å². The van der Waals surface area contributed by atoms with Crippen LogP contribution < -0.4 is 10.1 Å². The molecule has 0 bridgehead atoms. The van der Waals surface area contributed by atoms with Crippen molar-refractivity contribution in [1.29, 1.82) is 0 Å². The number of nitrogens with one attached hydrogen (secondary N) is 1. The summed E-state index contributed by atoms with van der Waals surface area (Å²) in [6.45, 7) is 2.15. The molecule has 0 fully saturated rings. The number of benzene rings is 2. The van der Waals surface area contributed by atoms with Gasteiger partial charge in [-0.05, 0) is 43.1 Å². The summed E-state index contributed by atoms with van der Waals surface area (Å²) >= 11 is 1.84. The summed E-state index contributed by atoms with van der Waals surface area (Å²) in [5.74, 6) is 0.923. The zero-order chi connectivity index (χ0) is 14.8. The van der Waals surface area contributed by atoms with E-state index in [1.165, 1.54) is 20.7 Å². The van der Waals surface area contributed by atoms with Gasteiger partial charge in [0.1, 0.15) is 5.75 Å². The van der Waals surface area contributed by atoms with Crippen molar-refractivity contribution in [3.05, 3.63) is 63.8 Å². The fourth-order valence-electron chi connectivity index (χ4n) is 2.78. The maximum absolute atomic E-state index is 5.49. The molecule has 2 nitrogen and oxygen atoms in total. The summed E-state index contributed by atoms with van der Waals surface area (Å²) in [6, 6.07) is 17.2.